The largest absolute Gasteiger partial charge is 0.348 e. The van der Waals surface area contributed by atoms with Crippen molar-refractivity contribution in [3.8, 4) is 0 Å². The minimum atomic E-state index is -0.135. The number of likely N-dealkylation sites (tertiary alicyclic amines) is 1. The van der Waals surface area contributed by atoms with Crippen molar-refractivity contribution in [3.05, 3.63) is 64.4 Å². The van der Waals surface area contributed by atoms with E-state index in [2.05, 4.69) is 47.2 Å². The lowest BCUT2D eigenvalue weighted by Gasteiger charge is -2.35. The average molecular weight is 372 g/mol. The van der Waals surface area contributed by atoms with E-state index in [1.807, 2.05) is 6.07 Å². The van der Waals surface area contributed by atoms with Gasteiger partial charge in [0.2, 0.25) is 0 Å². The minimum absolute atomic E-state index is 0.135. The first-order valence-electron chi connectivity index (χ1n) is 9.20. The molecule has 1 aromatic carbocycles. The van der Waals surface area contributed by atoms with Crippen molar-refractivity contribution in [2.75, 3.05) is 13.1 Å². The standard InChI is InChI=1S/C21H26ClN3O/c1-15-9-16(2)13-25(12-15)14-19-6-4-3-5-17(19)10-24-21(26)18-7-8-20(22)23-11-18/h3-8,11,15-16H,9-10,12-14H2,1-2H3,(H,24,26). The first-order chi connectivity index (χ1) is 12.5. The van der Waals surface area contributed by atoms with E-state index in [1.165, 1.54) is 18.2 Å². The van der Waals surface area contributed by atoms with Gasteiger partial charge in [-0.3, -0.25) is 9.69 Å². The molecule has 0 radical (unpaired) electrons. The van der Waals surface area contributed by atoms with Crippen molar-refractivity contribution >= 4 is 17.5 Å². The summed E-state index contributed by atoms with van der Waals surface area (Å²) in [6.45, 7) is 8.38. The molecular formula is C21H26ClN3O. The van der Waals surface area contributed by atoms with E-state index in [4.69, 9.17) is 11.6 Å². The van der Waals surface area contributed by atoms with Crippen LogP contribution in [-0.2, 0) is 13.1 Å². The van der Waals surface area contributed by atoms with E-state index in [1.54, 1.807) is 12.1 Å². The molecular weight excluding hydrogens is 346 g/mol. The molecule has 5 heteroatoms. The number of rotatable bonds is 5. The summed E-state index contributed by atoms with van der Waals surface area (Å²) in [5.74, 6) is 1.34. The number of hydrogen-bond acceptors (Lipinski definition) is 3. The van der Waals surface area contributed by atoms with E-state index in [9.17, 15) is 4.79 Å². The molecule has 26 heavy (non-hydrogen) atoms. The summed E-state index contributed by atoms with van der Waals surface area (Å²) >= 11 is 5.78. The monoisotopic (exact) mass is 371 g/mol. The van der Waals surface area contributed by atoms with Crippen LogP contribution in [0.5, 0.6) is 0 Å². The minimum Gasteiger partial charge on any atom is -0.348 e. The van der Waals surface area contributed by atoms with E-state index in [0.717, 1.165) is 37.0 Å². The summed E-state index contributed by atoms with van der Waals surface area (Å²) in [7, 11) is 0. The van der Waals surface area contributed by atoms with Crippen LogP contribution in [-0.4, -0.2) is 28.9 Å². The number of amides is 1. The Kier molecular flexibility index (Phi) is 6.28. The molecule has 2 atom stereocenters. The second kappa shape index (κ2) is 8.65. The fourth-order valence-electron chi connectivity index (χ4n) is 3.83. The Morgan fingerprint density at radius 3 is 2.50 bits per heavy atom. The fraction of sp³-hybridized carbons (Fsp3) is 0.429. The zero-order valence-electron chi connectivity index (χ0n) is 15.4. The van der Waals surface area contributed by atoms with Gasteiger partial charge in [-0.25, -0.2) is 4.98 Å². The van der Waals surface area contributed by atoms with Crippen LogP contribution >= 0.6 is 11.6 Å². The summed E-state index contributed by atoms with van der Waals surface area (Å²) in [5, 5.41) is 3.38. The van der Waals surface area contributed by atoms with Gasteiger partial charge in [0, 0.05) is 32.4 Å². The smallest absolute Gasteiger partial charge is 0.253 e. The van der Waals surface area contributed by atoms with Crippen LogP contribution in [0.3, 0.4) is 0 Å². The molecule has 1 fully saturated rings. The zero-order chi connectivity index (χ0) is 18.5. The van der Waals surface area contributed by atoms with Gasteiger partial charge in [0.15, 0.2) is 0 Å². The van der Waals surface area contributed by atoms with Gasteiger partial charge in [-0.1, -0.05) is 49.7 Å². The highest BCUT2D eigenvalue weighted by atomic mass is 35.5. The molecule has 138 valence electrons. The summed E-state index contributed by atoms with van der Waals surface area (Å²) in [6.07, 6.45) is 2.81. The maximum atomic E-state index is 12.3. The Morgan fingerprint density at radius 1 is 1.15 bits per heavy atom. The maximum absolute atomic E-state index is 12.3. The summed E-state index contributed by atoms with van der Waals surface area (Å²) < 4.78 is 0. The topological polar surface area (TPSA) is 45.2 Å². The van der Waals surface area contributed by atoms with E-state index < -0.39 is 0 Å². The van der Waals surface area contributed by atoms with Crippen LogP contribution < -0.4 is 5.32 Å². The third-order valence-electron chi connectivity index (χ3n) is 4.89. The Morgan fingerprint density at radius 2 is 1.85 bits per heavy atom. The molecule has 1 aliphatic heterocycles. The third kappa shape index (κ3) is 5.05. The number of halogens is 1. The first kappa shape index (κ1) is 18.9. The van der Waals surface area contributed by atoms with Crippen LogP contribution in [0.1, 0.15) is 41.8 Å². The highest BCUT2D eigenvalue weighted by Crippen LogP contribution is 2.23. The van der Waals surface area contributed by atoms with Gasteiger partial charge in [-0.15, -0.1) is 0 Å². The van der Waals surface area contributed by atoms with E-state index in [0.29, 0.717) is 17.3 Å². The summed E-state index contributed by atoms with van der Waals surface area (Å²) in [6, 6.07) is 11.7. The molecule has 2 aromatic rings. The number of carbonyl (C=O) groups excluding carboxylic acids is 1. The molecule has 1 aromatic heterocycles. The zero-order valence-corrected chi connectivity index (χ0v) is 16.2. The third-order valence-corrected chi connectivity index (χ3v) is 5.11. The molecule has 0 aliphatic carbocycles. The van der Waals surface area contributed by atoms with Gasteiger partial charge in [-0.05, 0) is 41.5 Å². The molecule has 2 unspecified atom stereocenters. The number of nitrogens with one attached hydrogen (secondary N) is 1. The highest BCUT2D eigenvalue weighted by molar-refractivity contribution is 6.29. The molecule has 3 rings (SSSR count). The van der Waals surface area contributed by atoms with Crippen LogP contribution in [0, 0.1) is 11.8 Å². The second-order valence-electron chi connectivity index (χ2n) is 7.46. The van der Waals surface area contributed by atoms with Crippen molar-refractivity contribution in [2.24, 2.45) is 11.8 Å². The first-order valence-corrected chi connectivity index (χ1v) is 9.58. The number of hydrogen-bond donors (Lipinski definition) is 1. The number of pyridine rings is 1. The molecule has 1 N–H and O–H groups in total. The van der Waals surface area contributed by atoms with Crippen molar-refractivity contribution in [2.45, 2.75) is 33.4 Å². The van der Waals surface area contributed by atoms with E-state index >= 15 is 0 Å². The maximum Gasteiger partial charge on any atom is 0.253 e. The quantitative estimate of drug-likeness (QED) is 0.803. The van der Waals surface area contributed by atoms with Crippen molar-refractivity contribution in [1.29, 1.82) is 0 Å². The lowest BCUT2D eigenvalue weighted by molar-refractivity contribution is 0.0950. The Balaban J connectivity index is 1.63. The van der Waals surface area contributed by atoms with Gasteiger partial charge in [-0.2, -0.15) is 0 Å². The molecule has 1 amide bonds. The predicted octanol–water partition coefficient (Wildman–Crippen LogP) is 4.14. The second-order valence-corrected chi connectivity index (χ2v) is 7.85. The van der Waals surface area contributed by atoms with Crippen molar-refractivity contribution in [3.63, 3.8) is 0 Å². The van der Waals surface area contributed by atoms with Crippen molar-refractivity contribution in [1.82, 2.24) is 15.2 Å². The van der Waals surface area contributed by atoms with Gasteiger partial charge >= 0.3 is 0 Å². The number of piperidine rings is 1. The molecule has 0 spiro atoms. The van der Waals surface area contributed by atoms with Crippen LogP contribution in [0.25, 0.3) is 0 Å². The molecule has 1 aliphatic rings. The molecule has 0 bridgehead atoms. The highest BCUT2D eigenvalue weighted by Gasteiger charge is 2.22. The van der Waals surface area contributed by atoms with Gasteiger partial charge in [0.05, 0.1) is 5.56 Å². The molecule has 0 saturated carbocycles. The predicted molar refractivity (Wildman–Crippen MR) is 105 cm³/mol. The van der Waals surface area contributed by atoms with E-state index in [-0.39, 0.29) is 5.91 Å². The lowest BCUT2D eigenvalue weighted by Crippen LogP contribution is -2.38. The molecule has 4 nitrogen and oxygen atoms in total. The number of aromatic nitrogens is 1. The Labute approximate surface area is 160 Å². The summed E-state index contributed by atoms with van der Waals surface area (Å²) in [5.41, 5.74) is 2.96. The number of benzene rings is 1. The SMILES string of the molecule is CC1CC(C)CN(Cc2ccccc2CNC(=O)c2ccc(Cl)nc2)C1. The fourth-order valence-corrected chi connectivity index (χ4v) is 3.95. The van der Waals surface area contributed by atoms with Crippen molar-refractivity contribution < 1.29 is 4.79 Å². The van der Waals surface area contributed by atoms with Crippen LogP contribution in [0.4, 0.5) is 0 Å². The Bertz CT molecular complexity index is 737. The van der Waals surface area contributed by atoms with Crippen LogP contribution in [0.15, 0.2) is 42.6 Å². The van der Waals surface area contributed by atoms with Gasteiger partial charge in [0.1, 0.15) is 5.15 Å². The number of carbonyl (C=O) groups is 1. The number of nitrogens with zero attached hydrogens (tertiary/aromatic N) is 2. The normalized spacial score (nSPS) is 20.7. The van der Waals surface area contributed by atoms with Gasteiger partial charge < -0.3 is 5.32 Å². The average Bonchev–Trinajstić information content (AvgIpc) is 2.60. The van der Waals surface area contributed by atoms with Crippen LogP contribution in [0.2, 0.25) is 5.15 Å². The van der Waals surface area contributed by atoms with Gasteiger partial charge in [0.25, 0.3) is 5.91 Å². The Hall–Kier alpha value is -1.91. The molecule has 2 heterocycles. The summed E-state index contributed by atoms with van der Waals surface area (Å²) in [4.78, 5) is 18.8. The lowest BCUT2D eigenvalue weighted by atomic mass is 9.91. The molecule has 1 saturated heterocycles.